The number of aryl methyl sites for hydroxylation is 3. The summed E-state index contributed by atoms with van der Waals surface area (Å²) < 4.78 is 5.62. The highest BCUT2D eigenvalue weighted by Gasteiger charge is 2.20. The van der Waals surface area contributed by atoms with Crippen molar-refractivity contribution < 1.29 is 0 Å². The van der Waals surface area contributed by atoms with Gasteiger partial charge >= 0.3 is 0 Å². The smallest absolute Gasteiger partial charge is 0.183 e. The van der Waals surface area contributed by atoms with E-state index in [1.54, 1.807) is 67.0 Å². The van der Waals surface area contributed by atoms with Crippen LogP contribution in [-0.2, 0) is 19.6 Å². The van der Waals surface area contributed by atoms with E-state index in [0.29, 0.717) is 42.9 Å². The molecule has 12 heterocycles. The van der Waals surface area contributed by atoms with E-state index in [2.05, 4.69) is 110 Å². The molecular weight excluding hydrogens is 1130 g/mol. The first-order chi connectivity index (χ1) is 43.8. The maximum Gasteiger partial charge on any atom is 0.183 e. The molecule has 0 spiro atoms. The van der Waals surface area contributed by atoms with Crippen LogP contribution in [0.2, 0.25) is 0 Å². The molecule has 0 atom stereocenters. The molecular formula is C68H56N20S. The van der Waals surface area contributed by atoms with E-state index in [1.165, 1.54) is 0 Å². The minimum Gasteiger partial charge on any atom is -0.362 e. The Bertz CT molecular complexity index is 4630. The lowest BCUT2D eigenvalue weighted by atomic mass is 10.1. The van der Waals surface area contributed by atoms with E-state index >= 15 is 0 Å². The molecule has 12 aromatic heterocycles. The minimum absolute atomic E-state index is 0.457. The summed E-state index contributed by atoms with van der Waals surface area (Å²) in [4.78, 5) is 48.9. The summed E-state index contributed by atoms with van der Waals surface area (Å²) in [5, 5.41) is 27.5. The van der Waals surface area contributed by atoms with Crippen molar-refractivity contribution in [3.05, 3.63) is 265 Å². The summed E-state index contributed by atoms with van der Waals surface area (Å²) in [7, 11) is 0. The first-order valence-electron chi connectivity index (χ1n) is 28.5. The van der Waals surface area contributed by atoms with Gasteiger partial charge in [-0.15, -0.1) is 26.6 Å². The van der Waals surface area contributed by atoms with Crippen molar-refractivity contribution >= 4 is 45.3 Å². The average Bonchev–Trinajstić information content (AvgIpc) is 2.25. The third kappa shape index (κ3) is 13.0. The van der Waals surface area contributed by atoms with E-state index < -0.39 is 0 Å². The Kier molecular flexibility index (Phi) is 16.6. The maximum atomic E-state index is 4.86. The Hall–Kier alpha value is -11.8. The number of nitrogens with one attached hydrogen (secondary N) is 3. The van der Waals surface area contributed by atoms with Crippen LogP contribution in [-0.4, -0.2) is 83.7 Å². The van der Waals surface area contributed by atoms with Gasteiger partial charge in [-0.2, -0.15) is 0 Å². The second-order valence-electron chi connectivity index (χ2n) is 20.6. The van der Waals surface area contributed by atoms with Crippen molar-refractivity contribution in [1.29, 1.82) is 0 Å². The third-order valence-corrected chi connectivity index (χ3v) is 14.9. The number of benzene rings is 3. The molecule has 15 rings (SSSR count). The molecule has 0 aliphatic carbocycles. The Labute approximate surface area is 515 Å². The highest BCUT2D eigenvalue weighted by molar-refractivity contribution is 7.09. The Morgan fingerprint density at radius 2 is 0.798 bits per heavy atom. The van der Waals surface area contributed by atoms with Gasteiger partial charge < -0.3 is 16.0 Å². The topological polar surface area (TPSA) is 230 Å². The first-order valence-corrected chi connectivity index (χ1v) is 29.4. The van der Waals surface area contributed by atoms with Gasteiger partial charge in [-0.1, -0.05) is 91.0 Å². The van der Waals surface area contributed by atoms with Crippen molar-refractivity contribution in [2.75, 3.05) is 16.0 Å². The molecule has 0 saturated carbocycles. The van der Waals surface area contributed by atoms with Crippen molar-refractivity contribution in [2.45, 2.75) is 40.4 Å². The Morgan fingerprint density at radius 3 is 1.19 bits per heavy atom. The zero-order valence-corrected chi connectivity index (χ0v) is 49.4. The van der Waals surface area contributed by atoms with Gasteiger partial charge in [0.15, 0.2) is 34.9 Å². The van der Waals surface area contributed by atoms with Crippen molar-refractivity contribution in [2.24, 2.45) is 0 Å². The molecule has 3 aromatic carbocycles. The summed E-state index contributed by atoms with van der Waals surface area (Å²) in [5.74, 6) is 4.76. The van der Waals surface area contributed by atoms with E-state index in [4.69, 9.17) is 30.2 Å². The first kappa shape index (κ1) is 56.3. The summed E-state index contributed by atoms with van der Waals surface area (Å²) >= 11 is 1.62. The molecule has 0 unspecified atom stereocenters. The largest absolute Gasteiger partial charge is 0.362 e. The lowest BCUT2D eigenvalue weighted by Crippen LogP contribution is -2.09. The SMILES string of the molecule is Cc1cncc(-c2nc(NCc3cnccn3)c3c(-c4ccccc4)ccn3n2)c1.Cc1cncc(-c2nc(NCc3ncccn3)c3c(-c4ccccc4)ccn3n2)c1.Cc1cncc(-c2nc(NCc3nccs3)c3c(-c4ccccc4)ccn3n2)c1. The molecule has 434 valence electrons. The van der Waals surface area contributed by atoms with E-state index in [-0.39, 0.29) is 0 Å². The van der Waals surface area contributed by atoms with Gasteiger partial charge in [0.2, 0.25) is 0 Å². The summed E-state index contributed by atoms with van der Waals surface area (Å²) in [6.45, 7) is 7.59. The number of nitrogens with zero attached hydrogens (tertiary/aromatic N) is 17. The van der Waals surface area contributed by atoms with Crippen LogP contribution in [0.4, 0.5) is 17.5 Å². The second-order valence-corrected chi connectivity index (χ2v) is 21.6. The van der Waals surface area contributed by atoms with Crippen LogP contribution >= 0.6 is 11.3 Å². The van der Waals surface area contributed by atoms with Crippen molar-refractivity contribution in [3.63, 3.8) is 0 Å². The van der Waals surface area contributed by atoms with Gasteiger partial charge in [0.25, 0.3) is 0 Å². The Morgan fingerprint density at radius 1 is 0.371 bits per heavy atom. The van der Waals surface area contributed by atoms with Crippen LogP contribution in [0.5, 0.6) is 0 Å². The molecule has 0 radical (unpaired) electrons. The molecule has 21 heteroatoms. The number of anilines is 3. The van der Waals surface area contributed by atoms with Gasteiger partial charge in [0.1, 0.15) is 27.4 Å². The quantitative estimate of drug-likeness (QED) is 0.0866. The van der Waals surface area contributed by atoms with Crippen LogP contribution in [0.15, 0.2) is 232 Å². The summed E-state index contributed by atoms with van der Waals surface area (Å²) in [6, 6.07) is 44.8. The predicted octanol–water partition coefficient (Wildman–Crippen LogP) is 13.2. The fraction of sp³-hybridized carbons (Fsp3) is 0.0882. The van der Waals surface area contributed by atoms with Crippen LogP contribution in [0.1, 0.15) is 33.2 Å². The van der Waals surface area contributed by atoms with Crippen LogP contribution in [0.3, 0.4) is 0 Å². The standard InChI is InChI=1S/2C23H19N7.C22H18N6S/c1-16-12-18(14-24-13-16)22-28-23(27-15-20-25-9-5-10-26-20)21-19(8-11-30(21)29-22)17-6-3-2-4-7-17;1-16-11-18(13-25-12-16)22-28-23(27-15-19-14-24-8-9-26-19)21-20(7-10-30(21)29-22)17-5-3-2-4-6-17;1-15-11-17(13-23-12-15)21-26-22(25-14-19-24-8-10-29-19)20-18(7-9-28(20)27-21)16-5-3-2-4-6-16/h2*2-14H,15H2,1H3,(H,27,28,29);2-13H,14H2,1H3,(H,25,26,27). The highest BCUT2D eigenvalue weighted by atomic mass is 32.1. The average molecular weight is 1190 g/mol. The van der Waals surface area contributed by atoms with Gasteiger partial charge in [-0.25, -0.2) is 43.5 Å². The molecule has 0 amide bonds. The minimum atomic E-state index is 0.457. The lowest BCUT2D eigenvalue weighted by molar-refractivity contribution is 0.895. The second kappa shape index (κ2) is 26.2. The number of rotatable bonds is 15. The molecule has 15 aromatic rings. The number of aromatic nitrogens is 17. The number of pyridine rings is 3. The molecule has 0 bridgehead atoms. The number of fused-ring (bicyclic) bond motifs is 3. The summed E-state index contributed by atoms with van der Waals surface area (Å²) in [5.41, 5.74) is 15.9. The predicted molar refractivity (Wildman–Crippen MR) is 347 cm³/mol. The van der Waals surface area contributed by atoms with E-state index in [0.717, 1.165) is 111 Å². The van der Waals surface area contributed by atoms with Gasteiger partial charge in [-0.05, 0) is 96.6 Å². The molecule has 0 aliphatic heterocycles. The molecule has 89 heavy (non-hydrogen) atoms. The number of hydrogen-bond acceptors (Lipinski definition) is 18. The third-order valence-electron chi connectivity index (χ3n) is 14.2. The fourth-order valence-electron chi connectivity index (χ4n) is 10.1. The summed E-state index contributed by atoms with van der Waals surface area (Å²) in [6.07, 6.45) is 27.1. The van der Waals surface area contributed by atoms with Crippen molar-refractivity contribution in [1.82, 2.24) is 83.7 Å². The van der Waals surface area contributed by atoms with Crippen molar-refractivity contribution in [3.8, 4) is 67.5 Å². The fourth-order valence-corrected chi connectivity index (χ4v) is 10.6. The van der Waals surface area contributed by atoms with Gasteiger partial charge in [0.05, 0.1) is 31.5 Å². The normalized spacial score (nSPS) is 11.0. The molecule has 0 saturated heterocycles. The van der Waals surface area contributed by atoms with Gasteiger partial charge in [0, 0.05) is 126 Å². The van der Waals surface area contributed by atoms with Crippen LogP contribution < -0.4 is 16.0 Å². The van der Waals surface area contributed by atoms with Crippen LogP contribution in [0.25, 0.3) is 84.1 Å². The molecule has 3 N–H and O–H groups in total. The maximum absolute atomic E-state index is 4.86. The number of thiazole rings is 1. The molecule has 0 aliphatic rings. The van der Waals surface area contributed by atoms with Gasteiger partial charge in [-0.3, -0.25) is 24.9 Å². The van der Waals surface area contributed by atoms with E-state index in [9.17, 15) is 0 Å². The zero-order chi connectivity index (χ0) is 60.3. The zero-order valence-electron chi connectivity index (χ0n) is 48.6. The van der Waals surface area contributed by atoms with Crippen LogP contribution in [0, 0.1) is 20.8 Å². The number of hydrogen-bond donors (Lipinski definition) is 3. The van der Waals surface area contributed by atoms with E-state index in [1.807, 2.05) is 156 Å². The lowest BCUT2D eigenvalue weighted by Gasteiger charge is -2.11. The Balaban J connectivity index is 0.000000123. The molecule has 20 nitrogen and oxygen atoms in total. The highest BCUT2D eigenvalue weighted by Crippen LogP contribution is 2.35. The monoisotopic (exact) mass is 1180 g/mol. The molecule has 0 fully saturated rings.